The molecule has 4 unspecified atom stereocenters. The van der Waals surface area contributed by atoms with E-state index in [1.54, 1.807) is 19.2 Å². The Kier molecular flexibility index (Phi) is 17.1. The maximum absolute atomic E-state index is 14.6. The van der Waals surface area contributed by atoms with Crippen molar-refractivity contribution in [2.75, 3.05) is 13.7 Å². The smallest absolute Gasteiger partial charge is 0.308 e. The highest BCUT2D eigenvalue weighted by Gasteiger charge is 2.39. The maximum Gasteiger partial charge on any atom is 0.308 e. The molecule has 3 heterocycles. The number of carbonyl (C=O) groups is 3. The zero-order chi connectivity index (χ0) is 45.3. The van der Waals surface area contributed by atoms with Crippen LogP contribution in [0.4, 0.5) is 4.39 Å². The molecule has 3 aromatic rings. The summed E-state index contributed by atoms with van der Waals surface area (Å²) in [5.41, 5.74) is 4.05. The molecule has 0 bridgehead atoms. The summed E-state index contributed by atoms with van der Waals surface area (Å²) in [6.45, 7) is 23.9. The Hall–Kier alpha value is -3.94. The second kappa shape index (κ2) is 21.0. The first-order valence-electron chi connectivity index (χ1n) is 21.7. The summed E-state index contributed by atoms with van der Waals surface area (Å²) in [6.07, 6.45) is 2.31. The minimum Gasteiger partial charge on any atom is -0.460 e. The number of hydrogen-bond donors (Lipinski definition) is 1. The third-order valence-corrected chi connectivity index (χ3v) is 10.3. The van der Waals surface area contributed by atoms with Gasteiger partial charge in [-0.1, -0.05) is 44.2 Å². The van der Waals surface area contributed by atoms with Crippen LogP contribution in [0.1, 0.15) is 144 Å². The number of aromatic nitrogens is 1. The molecule has 12 heteroatoms. The summed E-state index contributed by atoms with van der Waals surface area (Å²) < 4.78 is 51.8. The van der Waals surface area contributed by atoms with Crippen molar-refractivity contribution in [3.63, 3.8) is 0 Å². The molecule has 61 heavy (non-hydrogen) atoms. The minimum absolute atomic E-state index is 0.0417. The predicted octanol–water partition coefficient (Wildman–Crippen LogP) is 10.2. The van der Waals surface area contributed by atoms with Crippen molar-refractivity contribution in [3.8, 4) is 22.4 Å². The van der Waals surface area contributed by atoms with Crippen LogP contribution in [0.25, 0.3) is 22.4 Å². The molecule has 338 valence electrons. The van der Waals surface area contributed by atoms with Gasteiger partial charge >= 0.3 is 5.97 Å². The Morgan fingerprint density at radius 1 is 0.820 bits per heavy atom. The lowest BCUT2D eigenvalue weighted by atomic mass is 9.94. The van der Waals surface area contributed by atoms with Crippen molar-refractivity contribution in [1.82, 2.24) is 9.88 Å². The van der Waals surface area contributed by atoms with Gasteiger partial charge in [0, 0.05) is 50.7 Å². The molecular formula is C49H71FN2O9. The number of benzene rings is 2. The number of ether oxygens (including phenoxy) is 6. The average Bonchev–Trinajstić information content (AvgIpc) is 3.48. The van der Waals surface area contributed by atoms with E-state index in [1.165, 1.54) is 12.1 Å². The highest BCUT2D eigenvalue weighted by Crippen LogP contribution is 2.43. The van der Waals surface area contributed by atoms with E-state index in [4.69, 9.17) is 28.4 Å². The van der Waals surface area contributed by atoms with Crippen molar-refractivity contribution >= 4 is 18.2 Å². The third-order valence-electron chi connectivity index (χ3n) is 10.3. The number of aldehydes is 1. The number of halogens is 1. The van der Waals surface area contributed by atoms with Gasteiger partial charge in [-0.05, 0) is 123 Å². The second-order valence-corrected chi connectivity index (χ2v) is 19.2. The molecule has 2 aliphatic heterocycles. The van der Waals surface area contributed by atoms with Crippen LogP contribution in [0.15, 0.2) is 54.6 Å². The maximum atomic E-state index is 14.6. The molecule has 2 fully saturated rings. The summed E-state index contributed by atoms with van der Waals surface area (Å²) in [4.78, 5) is 38.7. The van der Waals surface area contributed by atoms with E-state index in [0.717, 1.165) is 34.4 Å². The van der Waals surface area contributed by atoms with E-state index in [0.29, 0.717) is 44.3 Å². The summed E-state index contributed by atoms with van der Waals surface area (Å²) >= 11 is 0. The Labute approximate surface area is 363 Å². The SMILES string of the molecule is CC(C)c1c(C(=O)NCCC2CC(CC=O)OC(C)(C)O2)c(-c2ccccc2)c(-c2ccc(F)cc2)n1CCC1CC(CC(=O)OC(C)(C)C)OC(C)(C)O1.COC(C)(C)C. The van der Waals surface area contributed by atoms with E-state index in [-0.39, 0.29) is 60.4 Å². The number of amides is 1. The first-order valence-corrected chi connectivity index (χ1v) is 21.7. The number of carbonyl (C=O) groups excluding carboxylic acids is 3. The van der Waals surface area contributed by atoms with Gasteiger partial charge in [0.2, 0.25) is 0 Å². The van der Waals surface area contributed by atoms with Crippen LogP contribution < -0.4 is 5.32 Å². The monoisotopic (exact) mass is 851 g/mol. The average molecular weight is 851 g/mol. The van der Waals surface area contributed by atoms with Gasteiger partial charge in [0.1, 0.15) is 17.7 Å². The highest BCUT2D eigenvalue weighted by molar-refractivity contribution is 6.06. The summed E-state index contributed by atoms with van der Waals surface area (Å²) in [5.74, 6) is -2.74. The molecule has 1 N–H and O–H groups in total. The molecule has 0 saturated carbocycles. The van der Waals surface area contributed by atoms with E-state index in [2.05, 4.69) is 23.7 Å². The predicted molar refractivity (Wildman–Crippen MR) is 236 cm³/mol. The number of methoxy groups -OCH3 is 1. The largest absolute Gasteiger partial charge is 0.460 e. The molecule has 2 aliphatic rings. The number of rotatable bonds is 14. The molecule has 0 aliphatic carbocycles. The Bertz CT molecular complexity index is 1890. The zero-order valence-electron chi connectivity index (χ0n) is 38.8. The van der Waals surface area contributed by atoms with E-state index >= 15 is 0 Å². The number of hydrogen-bond acceptors (Lipinski definition) is 9. The molecule has 5 rings (SSSR count). The van der Waals surface area contributed by atoms with Gasteiger partial charge in [0.25, 0.3) is 5.91 Å². The van der Waals surface area contributed by atoms with Gasteiger partial charge in [-0.2, -0.15) is 0 Å². The lowest BCUT2D eigenvalue weighted by Crippen LogP contribution is -2.46. The third kappa shape index (κ3) is 15.1. The first kappa shape index (κ1) is 49.7. The molecule has 1 amide bonds. The Morgan fingerprint density at radius 3 is 1.90 bits per heavy atom. The Morgan fingerprint density at radius 2 is 1.36 bits per heavy atom. The molecule has 0 spiro atoms. The fourth-order valence-corrected chi connectivity index (χ4v) is 7.94. The molecule has 0 radical (unpaired) electrons. The Balaban J connectivity index is 0.00000127. The fraction of sp³-hybridized carbons (Fsp3) is 0.612. The van der Waals surface area contributed by atoms with Gasteiger partial charge in [0.15, 0.2) is 11.6 Å². The molecule has 4 atom stereocenters. The standard InChI is InChI=1S/C44H59FN2O8.C5H12O/c1-28(2)39-38(41(50)46-22-19-32-25-34(21-24-48)53-43(6,7)51-32)37(29-13-11-10-12-14-29)40(30-15-17-31(45)18-16-30)47(39)23-20-33-26-35(54-44(8,9)52-33)27-36(49)55-42(3,4)5;1-5(2,3)6-4/h10-18,24,28,32-35H,19-23,25-27H2,1-9H3,(H,46,50);1-4H3. The van der Waals surface area contributed by atoms with Crippen LogP contribution in [0.5, 0.6) is 0 Å². The zero-order valence-corrected chi connectivity index (χ0v) is 38.8. The summed E-state index contributed by atoms with van der Waals surface area (Å²) in [7, 11) is 1.71. The van der Waals surface area contributed by atoms with E-state index < -0.39 is 23.3 Å². The summed E-state index contributed by atoms with van der Waals surface area (Å²) in [6, 6.07) is 16.2. The van der Waals surface area contributed by atoms with Gasteiger partial charge in [0.05, 0.1) is 47.7 Å². The van der Waals surface area contributed by atoms with Crippen LogP contribution >= 0.6 is 0 Å². The second-order valence-electron chi connectivity index (χ2n) is 19.2. The quantitative estimate of drug-likeness (QED) is 0.125. The van der Waals surface area contributed by atoms with Crippen LogP contribution in [-0.4, -0.2) is 83.6 Å². The van der Waals surface area contributed by atoms with Crippen molar-refractivity contribution in [3.05, 3.63) is 71.7 Å². The number of esters is 1. The van der Waals surface area contributed by atoms with Crippen LogP contribution in [0.3, 0.4) is 0 Å². The topological polar surface area (TPSA) is 124 Å². The van der Waals surface area contributed by atoms with Gasteiger partial charge < -0.3 is 43.1 Å². The molecule has 11 nitrogen and oxygen atoms in total. The van der Waals surface area contributed by atoms with E-state index in [1.807, 2.05) is 99.6 Å². The van der Waals surface area contributed by atoms with E-state index in [9.17, 15) is 18.8 Å². The summed E-state index contributed by atoms with van der Waals surface area (Å²) in [5, 5.41) is 3.20. The molecule has 2 aromatic carbocycles. The van der Waals surface area contributed by atoms with Crippen LogP contribution in [0.2, 0.25) is 0 Å². The molecule has 1 aromatic heterocycles. The minimum atomic E-state index is -0.927. The van der Waals surface area contributed by atoms with Gasteiger partial charge in [-0.25, -0.2) is 4.39 Å². The van der Waals surface area contributed by atoms with Crippen molar-refractivity contribution in [2.45, 2.75) is 181 Å². The highest BCUT2D eigenvalue weighted by atomic mass is 19.1. The molecular weight excluding hydrogens is 780 g/mol. The van der Waals surface area contributed by atoms with Crippen molar-refractivity contribution < 1.29 is 47.2 Å². The van der Waals surface area contributed by atoms with Gasteiger partial charge in [-0.3, -0.25) is 9.59 Å². The molecule has 2 saturated heterocycles. The normalized spacial score (nSPS) is 21.3. The fourth-order valence-electron chi connectivity index (χ4n) is 7.94. The lowest BCUT2D eigenvalue weighted by Gasteiger charge is -2.41. The van der Waals surface area contributed by atoms with Crippen molar-refractivity contribution in [1.29, 1.82) is 0 Å². The lowest BCUT2D eigenvalue weighted by molar-refractivity contribution is -0.301. The first-order chi connectivity index (χ1) is 28.4. The van der Waals surface area contributed by atoms with Gasteiger partial charge in [-0.15, -0.1) is 0 Å². The number of nitrogens with one attached hydrogen (secondary N) is 1. The van der Waals surface area contributed by atoms with Crippen molar-refractivity contribution in [2.24, 2.45) is 0 Å². The van der Waals surface area contributed by atoms with Crippen LogP contribution in [-0.2, 0) is 44.6 Å². The van der Waals surface area contributed by atoms with Crippen LogP contribution in [0, 0.1) is 5.82 Å². The number of nitrogens with zero attached hydrogens (tertiary/aromatic N) is 1.